The number of benzene rings is 1. The average molecular weight is 282 g/mol. The third-order valence-corrected chi connectivity index (χ3v) is 3.26. The summed E-state index contributed by atoms with van der Waals surface area (Å²) in [6, 6.07) is 7.61. The number of ether oxygens (including phenoxy) is 1. The number of carbonyl (C=O) groups is 1. The van der Waals surface area contributed by atoms with Crippen molar-refractivity contribution in [2.24, 2.45) is 0 Å². The largest absolute Gasteiger partial charge is 0.465 e. The predicted molar refractivity (Wildman–Crippen MR) is 77.4 cm³/mol. The highest BCUT2D eigenvalue weighted by molar-refractivity contribution is 5.90. The molecule has 6 nitrogen and oxygen atoms in total. The van der Waals surface area contributed by atoms with E-state index >= 15 is 0 Å². The van der Waals surface area contributed by atoms with Crippen LogP contribution >= 0.6 is 0 Å². The van der Waals surface area contributed by atoms with Crippen LogP contribution in [0.5, 0.6) is 0 Å². The molecule has 0 aliphatic carbocycles. The van der Waals surface area contributed by atoms with Gasteiger partial charge in [-0.25, -0.2) is 14.5 Å². The van der Waals surface area contributed by atoms with Gasteiger partial charge in [-0.3, -0.25) is 4.98 Å². The summed E-state index contributed by atoms with van der Waals surface area (Å²) >= 11 is 0. The van der Waals surface area contributed by atoms with Gasteiger partial charge >= 0.3 is 5.97 Å². The molecule has 106 valence electrons. The normalized spacial score (nSPS) is 10.8. The lowest BCUT2D eigenvalue weighted by Gasteiger charge is -2.07. The van der Waals surface area contributed by atoms with E-state index in [-0.39, 0.29) is 0 Å². The van der Waals surface area contributed by atoms with Crippen LogP contribution in [0.1, 0.15) is 23.0 Å². The fourth-order valence-electron chi connectivity index (χ4n) is 2.24. The number of rotatable bonds is 3. The van der Waals surface area contributed by atoms with E-state index < -0.39 is 5.97 Å². The summed E-state index contributed by atoms with van der Waals surface area (Å²) in [6.45, 7) is 1.95. The van der Waals surface area contributed by atoms with E-state index in [4.69, 9.17) is 4.74 Å². The Labute approximate surface area is 121 Å². The molecule has 0 amide bonds. The molecule has 0 aliphatic rings. The number of methoxy groups -OCH3 is 1. The molecule has 0 atom stereocenters. The number of carbonyl (C=O) groups excluding carboxylic acids is 1. The Morgan fingerprint density at radius 3 is 2.71 bits per heavy atom. The van der Waals surface area contributed by atoms with Crippen LogP contribution in [0.3, 0.4) is 0 Å². The lowest BCUT2D eigenvalue weighted by molar-refractivity contribution is 0.0599. The first-order chi connectivity index (χ1) is 10.2. The van der Waals surface area contributed by atoms with E-state index in [1.807, 2.05) is 31.2 Å². The summed E-state index contributed by atoms with van der Waals surface area (Å²) in [5, 5.41) is 4.25. The zero-order valence-electron chi connectivity index (χ0n) is 11.8. The van der Waals surface area contributed by atoms with Crippen LogP contribution < -0.4 is 0 Å². The van der Waals surface area contributed by atoms with Gasteiger partial charge < -0.3 is 4.74 Å². The SMILES string of the molecule is CCc1c(C(=O)OC)cnn1-c1cnc2ccccc2n1. The molecule has 3 rings (SSSR count). The number of hydrogen-bond donors (Lipinski definition) is 0. The summed E-state index contributed by atoms with van der Waals surface area (Å²) < 4.78 is 6.40. The lowest BCUT2D eigenvalue weighted by Crippen LogP contribution is -2.08. The van der Waals surface area contributed by atoms with E-state index in [0.717, 1.165) is 16.7 Å². The van der Waals surface area contributed by atoms with Gasteiger partial charge in [0.1, 0.15) is 5.56 Å². The number of aromatic nitrogens is 4. The Morgan fingerprint density at radius 1 is 1.24 bits per heavy atom. The van der Waals surface area contributed by atoms with Gasteiger partial charge in [-0.05, 0) is 18.6 Å². The minimum atomic E-state index is -0.396. The van der Waals surface area contributed by atoms with E-state index in [1.165, 1.54) is 13.3 Å². The van der Waals surface area contributed by atoms with Crippen molar-refractivity contribution in [1.82, 2.24) is 19.7 Å². The molecule has 2 aromatic heterocycles. The van der Waals surface area contributed by atoms with Crippen molar-refractivity contribution >= 4 is 17.0 Å². The Hall–Kier alpha value is -2.76. The van der Waals surface area contributed by atoms with Crippen molar-refractivity contribution in [1.29, 1.82) is 0 Å². The van der Waals surface area contributed by atoms with Gasteiger partial charge in [0.15, 0.2) is 5.82 Å². The van der Waals surface area contributed by atoms with Gasteiger partial charge in [0.2, 0.25) is 0 Å². The molecule has 0 N–H and O–H groups in total. The average Bonchev–Trinajstić information content (AvgIpc) is 2.97. The first-order valence-electron chi connectivity index (χ1n) is 6.62. The highest BCUT2D eigenvalue weighted by Crippen LogP contribution is 2.17. The fraction of sp³-hybridized carbons (Fsp3) is 0.200. The standard InChI is InChI=1S/C15H14N4O2/c1-3-13-10(15(20)21-2)8-17-19(13)14-9-16-11-6-4-5-7-12(11)18-14/h4-9H,3H2,1-2H3. The number of nitrogens with zero attached hydrogens (tertiary/aromatic N) is 4. The van der Waals surface area contributed by atoms with Crippen molar-refractivity contribution < 1.29 is 9.53 Å². The lowest BCUT2D eigenvalue weighted by atomic mass is 10.2. The predicted octanol–water partition coefficient (Wildman–Crippen LogP) is 2.16. The molecular formula is C15H14N4O2. The van der Waals surface area contributed by atoms with Gasteiger partial charge in [0.25, 0.3) is 0 Å². The Balaban J connectivity index is 2.14. The molecule has 0 spiro atoms. The molecule has 2 heterocycles. The monoisotopic (exact) mass is 282 g/mol. The van der Waals surface area contributed by atoms with Crippen LogP contribution in [0.15, 0.2) is 36.7 Å². The highest BCUT2D eigenvalue weighted by Gasteiger charge is 2.18. The number of hydrogen-bond acceptors (Lipinski definition) is 5. The molecular weight excluding hydrogens is 268 g/mol. The summed E-state index contributed by atoms with van der Waals surface area (Å²) in [4.78, 5) is 20.6. The van der Waals surface area contributed by atoms with E-state index in [0.29, 0.717) is 17.8 Å². The molecule has 0 radical (unpaired) electrons. The van der Waals surface area contributed by atoms with Crippen LogP contribution in [-0.2, 0) is 11.2 Å². The maximum atomic E-state index is 11.7. The maximum absolute atomic E-state index is 11.7. The maximum Gasteiger partial charge on any atom is 0.341 e. The second kappa shape index (κ2) is 5.32. The molecule has 0 unspecified atom stereocenters. The van der Waals surface area contributed by atoms with E-state index in [9.17, 15) is 4.79 Å². The number of para-hydroxylation sites is 2. The first-order valence-corrected chi connectivity index (χ1v) is 6.62. The fourth-order valence-corrected chi connectivity index (χ4v) is 2.24. The van der Waals surface area contributed by atoms with Crippen molar-refractivity contribution in [3.05, 3.63) is 47.9 Å². The zero-order valence-corrected chi connectivity index (χ0v) is 11.8. The highest BCUT2D eigenvalue weighted by atomic mass is 16.5. The second-order valence-corrected chi connectivity index (χ2v) is 4.48. The summed E-state index contributed by atoms with van der Waals surface area (Å²) in [6.07, 6.45) is 3.79. The Bertz CT molecular complexity index is 810. The molecule has 6 heteroatoms. The Kier molecular flexibility index (Phi) is 3.35. The van der Waals surface area contributed by atoms with Crippen molar-refractivity contribution in [2.45, 2.75) is 13.3 Å². The van der Waals surface area contributed by atoms with Crippen LogP contribution in [0.2, 0.25) is 0 Å². The van der Waals surface area contributed by atoms with Gasteiger partial charge in [-0.1, -0.05) is 19.1 Å². The third-order valence-electron chi connectivity index (χ3n) is 3.26. The third kappa shape index (κ3) is 2.24. The molecule has 0 saturated carbocycles. The van der Waals surface area contributed by atoms with Crippen molar-refractivity contribution in [3.8, 4) is 5.82 Å². The molecule has 0 saturated heterocycles. The number of esters is 1. The van der Waals surface area contributed by atoms with Gasteiger partial charge in [0, 0.05) is 0 Å². The Morgan fingerprint density at radius 2 is 2.00 bits per heavy atom. The van der Waals surface area contributed by atoms with Crippen LogP contribution in [-0.4, -0.2) is 32.8 Å². The minimum Gasteiger partial charge on any atom is -0.465 e. The summed E-state index contributed by atoms with van der Waals surface area (Å²) in [5.41, 5.74) is 2.81. The van der Waals surface area contributed by atoms with Gasteiger partial charge in [-0.15, -0.1) is 0 Å². The molecule has 0 fully saturated rings. The topological polar surface area (TPSA) is 69.9 Å². The van der Waals surface area contributed by atoms with Crippen LogP contribution in [0.25, 0.3) is 16.9 Å². The van der Waals surface area contributed by atoms with Crippen molar-refractivity contribution in [2.75, 3.05) is 7.11 Å². The zero-order chi connectivity index (χ0) is 14.8. The minimum absolute atomic E-state index is 0.396. The molecule has 0 bridgehead atoms. The smallest absolute Gasteiger partial charge is 0.341 e. The van der Waals surface area contributed by atoms with E-state index in [2.05, 4.69) is 15.1 Å². The quantitative estimate of drug-likeness (QED) is 0.688. The summed E-state index contributed by atoms with van der Waals surface area (Å²) in [5.74, 6) is 0.188. The van der Waals surface area contributed by atoms with Crippen LogP contribution in [0, 0.1) is 0 Å². The van der Waals surface area contributed by atoms with Gasteiger partial charge in [-0.2, -0.15) is 5.10 Å². The first kappa shape index (κ1) is 13.2. The molecule has 0 aliphatic heterocycles. The molecule has 1 aromatic carbocycles. The van der Waals surface area contributed by atoms with Gasteiger partial charge in [0.05, 0.1) is 36.2 Å². The van der Waals surface area contributed by atoms with Crippen molar-refractivity contribution in [3.63, 3.8) is 0 Å². The van der Waals surface area contributed by atoms with E-state index in [1.54, 1.807) is 10.9 Å². The molecule has 21 heavy (non-hydrogen) atoms. The van der Waals surface area contributed by atoms with Crippen LogP contribution in [0.4, 0.5) is 0 Å². The summed E-state index contributed by atoms with van der Waals surface area (Å²) in [7, 11) is 1.36. The number of fused-ring (bicyclic) bond motifs is 1. The second-order valence-electron chi connectivity index (χ2n) is 4.48. The molecule has 3 aromatic rings.